The SMILES string of the molecule is c1ccc(-c2nc(-c3ccccc3)nc(-c3ccc4oc5cccc(-c6ccc(-c7nc(-c8ccccc8)nc8c7sc7ccccc78)cc6)c5c4c3)n2)cc1. The number of rotatable bonds is 6. The van der Waals surface area contributed by atoms with Crippen LogP contribution < -0.4 is 0 Å². The fourth-order valence-corrected chi connectivity index (χ4v) is 8.61. The van der Waals surface area contributed by atoms with E-state index in [9.17, 15) is 0 Å². The van der Waals surface area contributed by atoms with E-state index < -0.39 is 0 Å². The maximum Gasteiger partial charge on any atom is 0.164 e. The summed E-state index contributed by atoms with van der Waals surface area (Å²) in [6, 6.07) is 59.9. The summed E-state index contributed by atoms with van der Waals surface area (Å²) in [6.07, 6.45) is 0. The zero-order valence-electron chi connectivity index (χ0n) is 29.8. The van der Waals surface area contributed by atoms with E-state index in [1.807, 2.05) is 97.1 Å². The van der Waals surface area contributed by atoms with Gasteiger partial charge in [-0.1, -0.05) is 146 Å². The number of hydrogen-bond donors (Lipinski definition) is 0. The average molecular weight is 736 g/mol. The van der Waals surface area contributed by atoms with E-state index in [2.05, 4.69) is 78.9 Å². The predicted octanol–water partition coefficient (Wildman–Crippen LogP) is 12.9. The molecule has 7 aromatic carbocycles. The van der Waals surface area contributed by atoms with E-state index in [0.717, 1.165) is 88.0 Å². The van der Waals surface area contributed by atoms with Gasteiger partial charge in [0.05, 0.1) is 15.9 Å². The summed E-state index contributed by atoms with van der Waals surface area (Å²) in [4.78, 5) is 25.1. The standard InChI is InChI=1S/C49H29N5OS/c1-4-13-32(14-5-1)46-50-43(45-44(51-46)37-19-10-11-22-41(37)56-45)31-25-23-30(24-26-31)36-20-12-21-40-42(36)38-29-35(27-28-39(38)55-40)49-53-47(33-15-6-2-7-16-33)52-48(54-49)34-17-8-3-9-18-34/h1-29H. The van der Waals surface area contributed by atoms with Gasteiger partial charge < -0.3 is 4.42 Å². The van der Waals surface area contributed by atoms with Gasteiger partial charge in [-0.05, 0) is 41.5 Å². The van der Waals surface area contributed by atoms with Crippen molar-refractivity contribution in [3.8, 4) is 67.9 Å². The van der Waals surface area contributed by atoms with Gasteiger partial charge in [-0.3, -0.25) is 0 Å². The van der Waals surface area contributed by atoms with Crippen molar-refractivity contribution in [2.24, 2.45) is 0 Å². The molecule has 0 atom stereocenters. The van der Waals surface area contributed by atoms with E-state index in [1.54, 1.807) is 11.3 Å². The lowest BCUT2D eigenvalue weighted by atomic mass is 9.97. The summed E-state index contributed by atoms with van der Waals surface area (Å²) < 4.78 is 8.73. The van der Waals surface area contributed by atoms with Crippen LogP contribution in [-0.2, 0) is 0 Å². The molecule has 0 radical (unpaired) electrons. The average Bonchev–Trinajstić information content (AvgIpc) is 3.85. The maximum atomic E-state index is 6.45. The Morgan fingerprint density at radius 2 is 0.929 bits per heavy atom. The second-order valence-corrected chi connectivity index (χ2v) is 14.7. The van der Waals surface area contributed by atoms with Crippen molar-refractivity contribution in [2.45, 2.75) is 0 Å². The molecule has 11 rings (SSSR count). The van der Waals surface area contributed by atoms with Gasteiger partial charge in [-0.25, -0.2) is 24.9 Å². The maximum absolute atomic E-state index is 6.45. The van der Waals surface area contributed by atoms with Gasteiger partial charge in [0.2, 0.25) is 0 Å². The van der Waals surface area contributed by atoms with Gasteiger partial charge >= 0.3 is 0 Å². The highest BCUT2D eigenvalue weighted by molar-refractivity contribution is 7.26. The molecule has 4 heterocycles. The summed E-state index contributed by atoms with van der Waals surface area (Å²) in [6.45, 7) is 0. The molecule has 0 aliphatic heterocycles. The lowest BCUT2D eigenvalue weighted by Crippen LogP contribution is -2.00. The first-order valence-electron chi connectivity index (χ1n) is 18.4. The Morgan fingerprint density at radius 3 is 1.59 bits per heavy atom. The number of aromatic nitrogens is 5. The third kappa shape index (κ3) is 5.52. The third-order valence-corrected chi connectivity index (χ3v) is 11.3. The van der Waals surface area contributed by atoms with Crippen LogP contribution in [0.2, 0.25) is 0 Å². The quantitative estimate of drug-likeness (QED) is 0.169. The van der Waals surface area contributed by atoms with Crippen LogP contribution in [-0.4, -0.2) is 24.9 Å². The number of nitrogens with zero attached hydrogens (tertiary/aromatic N) is 5. The summed E-state index contributed by atoms with van der Waals surface area (Å²) in [7, 11) is 0. The van der Waals surface area contributed by atoms with Gasteiger partial charge in [0.25, 0.3) is 0 Å². The first-order valence-corrected chi connectivity index (χ1v) is 19.2. The molecule has 0 bridgehead atoms. The fraction of sp³-hybridized carbons (Fsp3) is 0. The molecule has 0 saturated carbocycles. The monoisotopic (exact) mass is 735 g/mol. The molecule has 0 amide bonds. The zero-order valence-corrected chi connectivity index (χ0v) is 30.6. The second-order valence-electron chi connectivity index (χ2n) is 13.6. The van der Waals surface area contributed by atoms with E-state index in [0.29, 0.717) is 17.5 Å². The Hall–Kier alpha value is -7.35. The van der Waals surface area contributed by atoms with E-state index >= 15 is 0 Å². The summed E-state index contributed by atoms with van der Waals surface area (Å²) >= 11 is 1.74. The van der Waals surface area contributed by atoms with Crippen molar-refractivity contribution < 1.29 is 4.42 Å². The van der Waals surface area contributed by atoms with Crippen LogP contribution in [0.15, 0.2) is 180 Å². The molecule has 0 N–H and O–H groups in total. The molecule has 0 aliphatic rings. The fourth-order valence-electron chi connectivity index (χ4n) is 7.45. The van der Waals surface area contributed by atoms with Gasteiger partial charge in [-0.2, -0.15) is 0 Å². The normalized spacial score (nSPS) is 11.6. The topological polar surface area (TPSA) is 77.6 Å². The Balaban J connectivity index is 1.04. The molecule has 0 unspecified atom stereocenters. The minimum Gasteiger partial charge on any atom is -0.456 e. The Kier molecular flexibility index (Phi) is 7.57. The smallest absolute Gasteiger partial charge is 0.164 e. The predicted molar refractivity (Wildman–Crippen MR) is 228 cm³/mol. The highest BCUT2D eigenvalue weighted by Gasteiger charge is 2.19. The molecule has 0 spiro atoms. The molecular weight excluding hydrogens is 707 g/mol. The summed E-state index contributed by atoms with van der Waals surface area (Å²) in [5.74, 6) is 2.57. The second kappa shape index (κ2) is 13.2. The molecule has 6 nitrogen and oxygen atoms in total. The first-order chi connectivity index (χ1) is 27.7. The van der Waals surface area contributed by atoms with Gasteiger partial charge in [0, 0.05) is 48.7 Å². The molecule has 262 valence electrons. The van der Waals surface area contributed by atoms with Crippen LogP contribution >= 0.6 is 11.3 Å². The molecular formula is C49H29N5OS. The molecule has 0 saturated heterocycles. The van der Waals surface area contributed by atoms with Crippen molar-refractivity contribution in [3.63, 3.8) is 0 Å². The van der Waals surface area contributed by atoms with Gasteiger partial charge in [0.1, 0.15) is 11.2 Å². The highest BCUT2D eigenvalue weighted by Crippen LogP contribution is 2.42. The van der Waals surface area contributed by atoms with Crippen LogP contribution in [0.25, 0.3) is 110 Å². The number of benzene rings is 7. The summed E-state index contributed by atoms with van der Waals surface area (Å²) in [5.41, 5.74) is 10.5. The van der Waals surface area contributed by atoms with Crippen LogP contribution in [0.5, 0.6) is 0 Å². The molecule has 4 aromatic heterocycles. The molecule has 11 aromatic rings. The molecule has 0 aliphatic carbocycles. The third-order valence-electron chi connectivity index (χ3n) is 10.2. The van der Waals surface area contributed by atoms with Crippen molar-refractivity contribution in [3.05, 3.63) is 176 Å². The van der Waals surface area contributed by atoms with E-state index in [-0.39, 0.29) is 0 Å². The molecule has 56 heavy (non-hydrogen) atoms. The Bertz CT molecular complexity index is 3180. The Labute approximate surface area is 325 Å². The number of thiophene rings is 1. The van der Waals surface area contributed by atoms with Crippen LogP contribution in [0, 0.1) is 0 Å². The van der Waals surface area contributed by atoms with Crippen molar-refractivity contribution in [2.75, 3.05) is 0 Å². The minimum absolute atomic E-state index is 0.600. The largest absolute Gasteiger partial charge is 0.456 e. The van der Waals surface area contributed by atoms with E-state index in [1.165, 1.54) is 4.70 Å². The van der Waals surface area contributed by atoms with Gasteiger partial charge in [-0.15, -0.1) is 11.3 Å². The van der Waals surface area contributed by atoms with Crippen LogP contribution in [0.3, 0.4) is 0 Å². The molecule has 0 fully saturated rings. The minimum atomic E-state index is 0.600. The van der Waals surface area contributed by atoms with Crippen LogP contribution in [0.1, 0.15) is 0 Å². The van der Waals surface area contributed by atoms with Crippen LogP contribution in [0.4, 0.5) is 0 Å². The van der Waals surface area contributed by atoms with Crippen molar-refractivity contribution in [1.29, 1.82) is 0 Å². The lowest BCUT2D eigenvalue weighted by Gasteiger charge is -2.09. The van der Waals surface area contributed by atoms with Crippen molar-refractivity contribution >= 4 is 53.6 Å². The zero-order chi connectivity index (χ0) is 37.0. The van der Waals surface area contributed by atoms with Crippen molar-refractivity contribution in [1.82, 2.24) is 24.9 Å². The lowest BCUT2D eigenvalue weighted by molar-refractivity contribution is 0.669. The Morgan fingerprint density at radius 1 is 0.375 bits per heavy atom. The number of fused-ring (bicyclic) bond motifs is 6. The number of furan rings is 1. The number of hydrogen-bond acceptors (Lipinski definition) is 7. The highest BCUT2D eigenvalue weighted by atomic mass is 32.1. The first kappa shape index (κ1) is 32.1. The molecule has 7 heteroatoms. The summed E-state index contributed by atoms with van der Waals surface area (Å²) in [5, 5.41) is 3.18. The van der Waals surface area contributed by atoms with E-state index in [4.69, 9.17) is 29.3 Å². The van der Waals surface area contributed by atoms with Gasteiger partial charge in [0.15, 0.2) is 23.3 Å².